The number of aliphatic imine (C=N–C) groups is 1. The predicted octanol–water partition coefficient (Wildman–Crippen LogP) is 3.35. The highest BCUT2D eigenvalue weighted by molar-refractivity contribution is 14.0. The fraction of sp³-hybridized carbons (Fsp3) is 0.632. The van der Waals surface area contributed by atoms with E-state index in [0.717, 1.165) is 25.6 Å². The Morgan fingerprint density at radius 3 is 2.79 bits per heavy atom. The Balaban J connectivity index is 0.00000288. The number of rotatable bonds is 5. The number of likely N-dealkylation sites (tertiary alicyclic amines) is 1. The number of hydrogen-bond donors (Lipinski definition) is 1. The van der Waals surface area contributed by atoms with Gasteiger partial charge in [0, 0.05) is 33.2 Å². The van der Waals surface area contributed by atoms with E-state index in [4.69, 9.17) is 4.99 Å². The van der Waals surface area contributed by atoms with Crippen molar-refractivity contribution in [2.45, 2.75) is 33.2 Å². The molecule has 4 nitrogen and oxygen atoms in total. The van der Waals surface area contributed by atoms with Crippen molar-refractivity contribution >= 4 is 29.9 Å². The summed E-state index contributed by atoms with van der Waals surface area (Å²) in [5.74, 6) is 1.71. The Labute approximate surface area is 164 Å². The predicted molar refractivity (Wildman–Crippen MR) is 114 cm³/mol. The van der Waals surface area contributed by atoms with Crippen LogP contribution in [0, 0.1) is 12.8 Å². The van der Waals surface area contributed by atoms with Gasteiger partial charge in [0.2, 0.25) is 0 Å². The normalized spacial score (nSPS) is 18.8. The molecular formula is C19H33IN4. The first-order chi connectivity index (χ1) is 11.1. The second-order valence-electron chi connectivity index (χ2n) is 6.75. The third kappa shape index (κ3) is 6.59. The monoisotopic (exact) mass is 444 g/mol. The molecule has 1 fully saturated rings. The number of hydrogen-bond acceptors (Lipinski definition) is 2. The summed E-state index contributed by atoms with van der Waals surface area (Å²) in [7, 11) is 4.34. The van der Waals surface area contributed by atoms with Crippen LogP contribution in [0.5, 0.6) is 0 Å². The molecule has 1 heterocycles. The molecule has 0 radical (unpaired) electrons. The summed E-state index contributed by atoms with van der Waals surface area (Å²) in [6.07, 6.45) is 2.60. The van der Waals surface area contributed by atoms with Gasteiger partial charge in [0.05, 0.1) is 0 Å². The summed E-state index contributed by atoms with van der Waals surface area (Å²) < 4.78 is 0. The maximum absolute atomic E-state index is 4.90. The molecule has 1 aromatic rings. The van der Waals surface area contributed by atoms with Crippen molar-refractivity contribution in [2.75, 3.05) is 40.3 Å². The van der Waals surface area contributed by atoms with Crippen molar-refractivity contribution in [1.29, 1.82) is 0 Å². The Morgan fingerprint density at radius 2 is 2.12 bits per heavy atom. The second-order valence-corrected chi connectivity index (χ2v) is 6.75. The molecule has 136 valence electrons. The number of benzene rings is 1. The molecule has 0 amide bonds. The van der Waals surface area contributed by atoms with Gasteiger partial charge in [-0.2, -0.15) is 0 Å². The van der Waals surface area contributed by atoms with Crippen LogP contribution in [0.15, 0.2) is 29.3 Å². The Morgan fingerprint density at radius 1 is 1.38 bits per heavy atom. The minimum Gasteiger partial charge on any atom is -0.357 e. The summed E-state index contributed by atoms with van der Waals surface area (Å²) in [6.45, 7) is 9.42. The van der Waals surface area contributed by atoms with Gasteiger partial charge in [0.25, 0.3) is 0 Å². The minimum atomic E-state index is 0. The smallest absolute Gasteiger partial charge is 0.193 e. The van der Waals surface area contributed by atoms with E-state index < -0.39 is 0 Å². The highest BCUT2D eigenvalue weighted by Gasteiger charge is 2.17. The van der Waals surface area contributed by atoms with Gasteiger partial charge in [-0.1, -0.05) is 24.3 Å². The van der Waals surface area contributed by atoms with Crippen LogP contribution in [0.4, 0.5) is 0 Å². The van der Waals surface area contributed by atoms with Gasteiger partial charge >= 0.3 is 0 Å². The van der Waals surface area contributed by atoms with Crippen molar-refractivity contribution in [3.8, 4) is 0 Å². The van der Waals surface area contributed by atoms with Crippen LogP contribution >= 0.6 is 24.0 Å². The van der Waals surface area contributed by atoms with E-state index in [2.05, 4.69) is 67.3 Å². The van der Waals surface area contributed by atoms with E-state index in [1.54, 1.807) is 0 Å². The Kier molecular flexibility index (Phi) is 9.66. The molecule has 1 aliphatic heterocycles. The summed E-state index contributed by atoms with van der Waals surface area (Å²) >= 11 is 0. The first kappa shape index (κ1) is 21.2. The summed E-state index contributed by atoms with van der Waals surface area (Å²) in [5.41, 5.74) is 2.70. The first-order valence-electron chi connectivity index (χ1n) is 8.82. The molecule has 24 heavy (non-hydrogen) atoms. The first-order valence-corrected chi connectivity index (χ1v) is 8.82. The molecule has 1 unspecified atom stereocenters. The quantitative estimate of drug-likeness (QED) is 0.430. The zero-order valence-corrected chi connectivity index (χ0v) is 17.9. The number of halogens is 1. The Bertz CT molecular complexity index is 518. The van der Waals surface area contributed by atoms with E-state index in [1.165, 1.54) is 37.1 Å². The fourth-order valence-electron chi connectivity index (χ4n) is 3.23. The molecule has 2 rings (SSSR count). The molecule has 1 aliphatic rings. The molecule has 1 atom stereocenters. The molecule has 0 saturated carbocycles. The molecule has 0 bridgehead atoms. The number of guanidine groups is 1. The lowest BCUT2D eigenvalue weighted by atomic mass is 9.99. The summed E-state index contributed by atoms with van der Waals surface area (Å²) in [4.78, 5) is 9.56. The number of aryl methyl sites for hydroxylation is 1. The van der Waals surface area contributed by atoms with E-state index in [1.807, 2.05) is 0 Å². The van der Waals surface area contributed by atoms with Gasteiger partial charge in [-0.3, -0.25) is 4.99 Å². The van der Waals surface area contributed by atoms with Gasteiger partial charge in [-0.25, -0.2) is 0 Å². The topological polar surface area (TPSA) is 30.9 Å². The maximum Gasteiger partial charge on any atom is 0.193 e. The molecule has 0 aromatic heterocycles. The number of nitrogens with zero attached hydrogens (tertiary/aromatic N) is 3. The van der Waals surface area contributed by atoms with Crippen LogP contribution in [0.1, 0.15) is 30.9 Å². The van der Waals surface area contributed by atoms with Crippen LogP contribution in [0.2, 0.25) is 0 Å². The molecule has 5 heteroatoms. The average Bonchev–Trinajstić information content (AvgIpc) is 2.53. The Hall–Kier alpha value is -0.820. The minimum absolute atomic E-state index is 0. The summed E-state index contributed by atoms with van der Waals surface area (Å²) in [6, 6.07) is 8.58. The molecule has 1 aromatic carbocycles. The van der Waals surface area contributed by atoms with Crippen molar-refractivity contribution in [3.05, 3.63) is 35.4 Å². The van der Waals surface area contributed by atoms with Crippen molar-refractivity contribution in [2.24, 2.45) is 10.9 Å². The average molecular weight is 444 g/mol. The van der Waals surface area contributed by atoms with Crippen LogP contribution < -0.4 is 5.32 Å². The van der Waals surface area contributed by atoms with Crippen LogP contribution in [-0.2, 0) is 6.54 Å². The second kappa shape index (κ2) is 10.9. The van der Waals surface area contributed by atoms with Gasteiger partial charge < -0.3 is 15.1 Å². The highest BCUT2D eigenvalue weighted by Crippen LogP contribution is 2.15. The van der Waals surface area contributed by atoms with Crippen molar-refractivity contribution < 1.29 is 0 Å². The lowest BCUT2D eigenvalue weighted by Gasteiger charge is -2.29. The SMILES string of the molecule is CCNC(=NCC1CCCN(C)C1)N(C)Cc1ccccc1C.I. The lowest BCUT2D eigenvalue weighted by molar-refractivity contribution is 0.214. The van der Waals surface area contributed by atoms with E-state index in [0.29, 0.717) is 5.92 Å². The van der Waals surface area contributed by atoms with Crippen LogP contribution in [0.3, 0.4) is 0 Å². The molecule has 1 saturated heterocycles. The van der Waals surface area contributed by atoms with Crippen LogP contribution in [-0.4, -0.2) is 56.0 Å². The van der Waals surface area contributed by atoms with Crippen LogP contribution in [0.25, 0.3) is 0 Å². The zero-order chi connectivity index (χ0) is 16.7. The standard InChI is InChI=1S/C19H32N4.HI/c1-5-20-19(21-13-17-10-8-12-22(3)14-17)23(4)15-18-11-7-6-9-16(18)2;/h6-7,9,11,17H,5,8,10,12-15H2,1-4H3,(H,20,21);1H. The molecular weight excluding hydrogens is 411 g/mol. The summed E-state index contributed by atoms with van der Waals surface area (Å²) in [5, 5.41) is 3.44. The van der Waals surface area contributed by atoms with Gasteiger partial charge in [-0.05, 0) is 57.3 Å². The van der Waals surface area contributed by atoms with Gasteiger partial charge in [-0.15, -0.1) is 24.0 Å². The highest BCUT2D eigenvalue weighted by atomic mass is 127. The molecule has 1 N–H and O–H groups in total. The van der Waals surface area contributed by atoms with E-state index in [9.17, 15) is 0 Å². The van der Waals surface area contributed by atoms with Gasteiger partial charge in [0.15, 0.2) is 5.96 Å². The van der Waals surface area contributed by atoms with Crippen molar-refractivity contribution in [3.63, 3.8) is 0 Å². The molecule has 0 aliphatic carbocycles. The van der Waals surface area contributed by atoms with E-state index in [-0.39, 0.29) is 24.0 Å². The number of nitrogens with one attached hydrogen (secondary N) is 1. The third-order valence-electron chi connectivity index (χ3n) is 4.59. The maximum atomic E-state index is 4.90. The largest absolute Gasteiger partial charge is 0.357 e. The number of piperidine rings is 1. The van der Waals surface area contributed by atoms with Gasteiger partial charge in [0.1, 0.15) is 0 Å². The van der Waals surface area contributed by atoms with E-state index >= 15 is 0 Å². The fourth-order valence-corrected chi connectivity index (χ4v) is 3.23. The zero-order valence-electron chi connectivity index (χ0n) is 15.6. The van der Waals surface area contributed by atoms with Crippen molar-refractivity contribution in [1.82, 2.24) is 15.1 Å². The lowest BCUT2D eigenvalue weighted by Crippen LogP contribution is -2.40. The third-order valence-corrected chi connectivity index (χ3v) is 4.59. The molecule has 0 spiro atoms.